The first-order valence-electron chi connectivity index (χ1n) is 8.80. The Bertz CT molecular complexity index is 711. The lowest BCUT2D eigenvalue weighted by molar-refractivity contribution is 0.230. The molecule has 0 spiro atoms. The summed E-state index contributed by atoms with van der Waals surface area (Å²) in [7, 11) is 0. The third-order valence-electron chi connectivity index (χ3n) is 3.42. The lowest BCUT2D eigenvalue weighted by atomic mass is 10.2. The zero-order chi connectivity index (χ0) is 18.8. The Balaban J connectivity index is 0.00000364. The van der Waals surface area contributed by atoms with E-state index < -0.39 is 0 Å². The average Bonchev–Trinajstić information content (AvgIpc) is 2.63. The van der Waals surface area contributed by atoms with Gasteiger partial charge in [-0.05, 0) is 45.0 Å². The summed E-state index contributed by atoms with van der Waals surface area (Å²) < 4.78 is 16.9. The molecular weight excluding hydrogens is 457 g/mol. The predicted octanol–water partition coefficient (Wildman–Crippen LogP) is 4.30. The maximum Gasteiger partial charge on any atom is 0.193 e. The topological polar surface area (TPSA) is 78.1 Å². The van der Waals surface area contributed by atoms with Crippen molar-refractivity contribution in [1.29, 1.82) is 0 Å². The number of halogens is 1. The normalized spacial score (nSPS) is 11.9. The second kappa shape index (κ2) is 12.3. The standard InChI is InChI=1S/C20H27N3O3.HI/c1-4-24-17-11-12-19(25-5-2)18(13-17)23-20(21)22-14-15(3)26-16-9-7-6-8-10-16;/h6-13,15H,4-5,14H2,1-3H3,(H3,21,22,23);1H. The van der Waals surface area contributed by atoms with Crippen LogP contribution in [-0.4, -0.2) is 31.8 Å². The molecule has 0 aliphatic carbocycles. The number of benzene rings is 2. The largest absolute Gasteiger partial charge is 0.494 e. The molecule has 3 N–H and O–H groups in total. The minimum atomic E-state index is -0.0983. The van der Waals surface area contributed by atoms with Gasteiger partial charge in [-0.15, -0.1) is 24.0 Å². The fourth-order valence-electron chi connectivity index (χ4n) is 2.32. The van der Waals surface area contributed by atoms with E-state index in [2.05, 4.69) is 10.3 Å². The summed E-state index contributed by atoms with van der Waals surface area (Å²) >= 11 is 0. The Labute approximate surface area is 178 Å². The van der Waals surface area contributed by atoms with Crippen LogP contribution >= 0.6 is 24.0 Å². The van der Waals surface area contributed by atoms with Crippen LogP contribution < -0.4 is 25.3 Å². The molecule has 0 saturated carbocycles. The van der Waals surface area contributed by atoms with Crippen molar-refractivity contribution in [2.24, 2.45) is 10.7 Å². The van der Waals surface area contributed by atoms with Gasteiger partial charge in [0.15, 0.2) is 5.96 Å². The smallest absolute Gasteiger partial charge is 0.193 e. The highest BCUT2D eigenvalue weighted by atomic mass is 127. The first-order chi connectivity index (χ1) is 12.6. The molecule has 2 aromatic carbocycles. The molecule has 0 radical (unpaired) electrons. The van der Waals surface area contributed by atoms with Gasteiger partial charge in [0.05, 0.1) is 25.4 Å². The van der Waals surface area contributed by atoms with E-state index in [1.807, 2.05) is 69.3 Å². The number of hydrogen-bond acceptors (Lipinski definition) is 4. The van der Waals surface area contributed by atoms with Crippen molar-refractivity contribution in [2.75, 3.05) is 25.1 Å². The van der Waals surface area contributed by atoms with Crippen molar-refractivity contribution in [3.63, 3.8) is 0 Å². The number of nitrogens with one attached hydrogen (secondary N) is 1. The number of rotatable bonds is 9. The van der Waals surface area contributed by atoms with Gasteiger partial charge < -0.3 is 25.3 Å². The molecule has 0 aliphatic heterocycles. The molecule has 27 heavy (non-hydrogen) atoms. The highest BCUT2D eigenvalue weighted by Crippen LogP contribution is 2.29. The van der Waals surface area contributed by atoms with Crippen molar-refractivity contribution in [2.45, 2.75) is 26.9 Å². The lowest BCUT2D eigenvalue weighted by Crippen LogP contribution is -2.26. The van der Waals surface area contributed by atoms with Gasteiger partial charge in [-0.25, -0.2) is 4.99 Å². The molecule has 2 aromatic rings. The number of hydrogen-bond donors (Lipinski definition) is 2. The van der Waals surface area contributed by atoms with Gasteiger partial charge in [0.1, 0.15) is 23.4 Å². The van der Waals surface area contributed by atoms with Crippen molar-refractivity contribution < 1.29 is 14.2 Å². The summed E-state index contributed by atoms with van der Waals surface area (Å²) in [6.45, 7) is 7.40. The van der Waals surface area contributed by atoms with Crippen molar-refractivity contribution in [1.82, 2.24) is 0 Å². The Morgan fingerprint density at radius 3 is 2.41 bits per heavy atom. The Morgan fingerprint density at radius 2 is 1.74 bits per heavy atom. The zero-order valence-electron chi connectivity index (χ0n) is 16.0. The highest BCUT2D eigenvalue weighted by Gasteiger charge is 2.08. The van der Waals surface area contributed by atoms with Gasteiger partial charge in [-0.1, -0.05) is 18.2 Å². The van der Waals surface area contributed by atoms with Crippen LogP contribution in [0.4, 0.5) is 5.69 Å². The predicted molar refractivity (Wildman–Crippen MR) is 121 cm³/mol. The van der Waals surface area contributed by atoms with Gasteiger partial charge in [0, 0.05) is 6.07 Å². The van der Waals surface area contributed by atoms with Crippen LogP contribution in [0.5, 0.6) is 17.2 Å². The lowest BCUT2D eigenvalue weighted by Gasteiger charge is -2.15. The quantitative estimate of drug-likeness (QED) is 0.315. The van der Waals surface area contributed by atoms with E-state index in [-0.39, 0.29) is 30.1 Å². The summed E-state index contributed by atoms with van der Waals surface area (Å²) in [5.74, 6) is 2.54. The number of nitrogens with zero attached hydrogens (tertiary/aromatic N) is 1. The number of guanidine groups is 1. The van der Waals surface area contributed by atoms with Crippen LogP contribution in [0, 0.1) is 0 Å². The molecule has 0 amide bonds. The third kappa shape index (κ3) is 7.94. The van der Waals surface area contributed by atoms with E-state index in [1.54, 1.807) is 0 Å². The van der Waals surface area contributed by atoms with Gasteiger partial charge >= 0.3 is 0 Å². The van der Waals surface area contributed by atoms with E-state index >= 15 is 0 Å². The summed E-state index contributed by atoms with van der Waals surface area (Å²) in [5, 5.41) is 3.08. The number of nitrogens with two attached hydrogens (primary N) is 1. The monoisotopic (exact) mass is 485 g/mol. The molecule has 0 aromatic heterocycles. The van der Waals surface area contributed by atoms with Gasteiger partial charge in [-0.3, -0.25) is 0 Å². The molecule has 0 bridgehead atoms. The Morgan fingerprint density at radius 1 is 1.04 bits per heavy atom. The fraction of sp³-hybridized carbons (Fsp3) is 0.350. The van der Waals surface area contributed by atoms with Gasteiger partial charge in [-0.2, -0.15) is 0 Å². The van der Waals surface area contributed by atoms with Crippen LogP contribution in [0.15, 0.2) is 53.5 Å². The van der Waals surface area contributed by atoms with Crippen LogP contribution in [0.3, 0.4) is 0 Å². The van der Waals surface area contributed by atoms with Crippen molar-refractivity contribution >= 4 is 35.6 Å². The molecular formula is C20H28IN3O3. The maximum atomic E-state index is 6.02. The highest BCUT2D eigenvalue weighted by molar-refractivity contribution is 14.0. The summed E-state index contributed by atoms with van der Waals surface area (Å²) in [6.07, 6.45) is -0.0983. The first kappa shape index (κ1) is 22.9. The molecule has 0 saturated heterocycles. The molecule has 7 heteroatoms. The minimum absolute atomic E-state index is 0. The van der Waals surface area contributed by atoms with Crippen molar-refractivity contribution in [3.8, 4) is 17.2 Å². The first-order valence-corrected chi connectivity index (χ1v) is 8.80. The molecule has 148 valence electrons. The second-order valence-electron chi connectivity index (χ2n) is 5.62. The minimum Gasteiger partial charge on any atom is -0.494 e. The molecule has 6 nitrogen and oxygen atoms in total. The third-order valence-corrected chi connectivity index (χ3v) is 3.42. The molecule has 1 unspecified atom stereocenters. The van der Waals surface area contributed by atoms with E-state index in [9.17, 15) is 0 Å². The van der Waals surface area contributed by atoms with Crippen LogP contribution in [0.1, 0.15) is 20.8 Å². The van der Waals surface area contributed by atoms with Crippen LogP contribution in [-0.2, 0) is 0 Å². The number of ether oxygens (including phenoxy) is 3. The SMILES string of the molecule is CCOc1ccc(OCC)c(NC(N)=NCC(C)Oc2ccccc2)c1.I. The summed E-state index contributed by atoms with van der Waals surface area (Å²) in [6, 6.07) is 15.2. The Kier molecular flexibility index (Phi) is 10.4. The average molecular weight is 485 g/mol. The molecule has 0 aliphatic rings. The summed E-state index contributed by atoms with van der Waals surface area (Å²) in [4.78, 5) is 4.35. The number of aliphatic imine (C=N–C) groups is 1. The molecule has 0 heterocycles. The van der Waals surface area contributed by atoms with Gasteiger partial charge in [0.2, 0.25) is 0 Å². The van der Waals surface area contributed by atoms with Crippen LogP contribution in [0.2, 0.25) is 0 Å². The van der Waals surface area contributed by atoms with Crippen LogP contribution in [0.25, 0.3) is 0 Å². The maximum absolute atomic E-state index is 6.02. The number of anilines is 1. The fourth-order valence-corrected chi connectivity index (χ4v) is 2.32. The van der Waals surface area contributed by atoms with E-state index in [4.69, 9.17) is 19.9 Å². The van der Waals surface area contributed by atoms with Gasteiger partial charge in [0.25, 0.3) is 0 Å². The van der Waals surface area contributed by atoms with E-state index in [1.165, 1.54) is 0 Å². The Hall–Kier alpha value is -2.16. The molecule has 2 rings (SSSR count). The molecule has 0 fully saturated rings. The van der Waals surface area contributed by atoms with Crippen molar-refractivity contribution in [3.05, 3.63) is 48.5 Å². The number of para-hydroxylation sites is 1. The summed E-state index contributed by atoms with van der Waals surface area (Å²) in [5.41, 5.74) is 6.74. The zero-order valence-corrected chi connectivity index (χ0v) is 18.3. The van der Waals surface area contributed by atoms with E-state index in [0.717, 1.165) is 17.2 Å². The second-order valence-corrected chi connectivity index (χ2v) is 5.62. The van der Waals surface area contributed by atoms with E-state index in [0.29, 0.717) is 31.5 Å². The molecule has 1 atom stereocenters.